The molecule has 4 aromatic rings. The van der Waals surface area contributed by atoms with Gasteiger partial charge in [0.25, 0.3) is 0 Å². The van der Waals surface area contributed by atoms with Gasteiger partial charge in [-0.3, -0.25) is 9.59 Å². The van der Waals surface area contributed by atoms with Crippen molar-refractivity contribution < 1.29 is 19.1 Å². The van der Waals surface area contributed by atoms with Crippen LogP contribution in [0, 0.1) is 0 Å². The molecule has 4 aromatic carbocycles. The molecule has 1 heterocycles. The predicted molar refractivity (Wildman–Crippen MR) is 210 cm³/mol. The molecule has 0 unspecified atom stereocenters. The van der Waals surface area contributed by atoms with E-state index in [1.165, 1.54) is 0 Å². The minimum Gasteiger partial charge on any atom is -0.449 e. The Bertz CT molecular complexity index is 1940. The van der Waals surface area contributed by atoms with Crippen LogP contribution in [0.5, 0.6) is 0 Å². The standard InChI is InChI=1S/C41H37Cl4N3O4/c42-34-15-13-25(20-36(34)44)18-27-22-48(23-28(39(27)49)19-26-14-16-35(43)37(45)21-26)40(50)38(12-2-1-7-17-46)47-41(51)52-24-33-31-10-5-3-8-29(31)30-9-4-6-11-32(30)33/h3-6,8-11,13-16,18-21,33,38H,1-2,7,12,17,22-24,46H2,(H,47,51)/b27-18+,28-19+/t38-/m0/s1. The fourth-order valence-corrected chi connectivity index (χ4v) is 7.34. The van der Waals surface area contributed by atoms with Crippen molar-refractivity contribution in [1.82, 2.24) is 10.2 Å². The summed E-state index contributed by atoms with van der Waals surface area (Å²) in [6, 6.07) is 25.4. The van der Waals surface area contributed by atoms with Crippen LogP contribution in [0.25, 0.3) is 23.3 Å². The number of likely N-dealkylation sites (tertiary alicyclic amines) is 1. The van der Waals surface area contributed by atoms with E-state index >= 15 is 0 Å². The highest BCUT2D eigenvalue weighted by Gasteiger charge is 2.34. The van der Waals surface area contributed by atoms with Crippen LogP contribution >= 0.6 is 46.4 Å². The van der Waals surface area contributed by atoms with Crippen LogP contribution in [0.1, 0.15) is 53.9 Å². The molecule has 268 valence electrons. The Morgan fingerprint density at radius 2 is 1.31 bits per heavy atom. The molecular weight excluding hydrogens is 740 g/mol. The number of nitrogens with one attached hydrogen (secondary N) is 1. The fourth-order valence-electron chi connectivity index (χ4n) is 6.73. The van der Waals surface area contributed by atoms with Crippen molar-refractivity contribution in [3.63, 3.8) is 0 Å². The third-order valence-corrected chi connectivity index (χ3v) is 10.8. The Balaban J connectivity index is 1.25. The summed E-state index contributed by atoms with van der Waals surface area (Å²) in [5.74, 6) is -0.702. The van der Waals surface area contributed by atoms with Crippen molar-refractivity contribution in [3.05, 3.63) is 138 Å². The summed E-state index contributed by atoms with van der Waals surface area (Å²) in [6.45, 7) is 0.669. The molecule has 11 heteroatoms. The number of nitrogens with zero attached hydrogens (tertiary/aromatic N) is 1. The Hall–Kier alpha value is -4.11. The normalized spacial score (nSPS) is 16.2. The number of nitrogens with two attached hydrogens (primary N) is 1. The van der Waals surface area contributed by atoms with E-state index in [-0.39, 0.29) is 37.3 Å². The second-order valence-electron chi connectivity index (χ2n) is 12.9. The number of ether oxygens (including phenoxy) is 1. The number of unbranched alkanes of at least 4 members (excludes halogenated alkanes) is 2. The van der Waals surface area contributed by atoms with E-state index in [0.29, 0.717) is 61.8 Å². The van der Waals surface area contributed by atoms with Gasteiger partial charge in [0.15, 0.2) is 5.78 Å². The highest BCUT2D eigenvalue weighted by atomic mass is 35.5. The Morgan fingerprint density at radius 3 is 1.83 bits per heavy atom. The lowest BCUT2D eigenvalue weighted by atomic mass is 9.93. The number of rotatable bonds is 11. The molecule has 0 radical (unpaired) electrons. The number of carbonyl (C=O) groups is 3. The van der Waals surface area contributed by atoms with E-state index in [1.54, 1.807) is 53.5 Å². The number of carbonyl (C=O) groups excluding carboxylic acids is 3. The van der Waals surface area contributed by atoms with Gasteiger partial charge in [0, 0.05) is 30.2 Å². The molecule has 1 saturated heterocycles. The Kier molecular flexibility index (Phi) is 12.4. The topological polar surface area (TPSA) is 102 Å². The van der Waals surface area contributed by atoms with Gasteiger partial charge in [0.05, 0.1) is 20.1 Å². The molecule has 0 aromatic heterocycles. The van der Waals surface area contributed by atoms with Crippen LogP contribution in [0.4, 0.5) is 4.79 Å². The summed E-state index contributed by atoms with van der Waals surface area (Å²) in [5.41, 5.74) is 12.2. The van der Waals surface area contributed by atoms with E-state index in [1.807, 2.05) is 24.3 Å². The van der Waals surface area contributed by atoms with E-state index in [4.69, 9.17) is 56.9 Å². The van der Waals surface area contributed by atoms with Gasteiger partial charge < -0.3 is 20.7 Å². The van der Waals surface area contributed by atoms with E-state index < -0.39 is 12.1 Å². The maximum absolute atomic E-state index is 14.4. The van der Waals surface area contributed by atoms with E-state index in [9.17, 15) is 14.4 Å². The van der Waals surface area contributed by atoms with Crippen LogP contribution in [-0.2, 0) is 14.3 Å². The maximum Gasteiger partial charge on any atom is 0.407 e. The first kappa shape index (κ1) is 37.6. The average Bonchev–Trinajstić information content (AvgIpc) is 3.46. The summed E-state index contributed by atoms with van der Waals surface area (Å²) < 4.78 is 5.83. The summed E-state index contributed by atoms with van der Waals surface area (Å²) in [4.78, 5) is 43.3. The zero-order valence-corrected chi connectivity index (χ0v) is 31.2. The van der Waals surface area contributed by atoms with Crippen molar-refractivity contribution in [1.29, 1.82) is 0 Å². The molecule has 6 rings (SSSR count). The number of fused-ring (bicyclic) bond motifs is 3. The Labute approximate surface area is 323 Å². The fraction of sp³-hybridized carbons (Fsp3) is 0.244. The minimum atomic E-state index is -0.904. The zero-order valence-electron chi connectivity index (χ0n) is 28.2. The number of halogens is 4. The smallest absolute Gasteiger partial charge is 0.407 e. The van der Waals surface area contributed by atoms with Crippen LogP contribution in [0.2, 0.25) is 20.1 Å². The molecule has 52 heavy (non-hydrogen) atoms. The lowest BCUT2D eigenvalue weighted by Gasteiger charge is -2.33. The van der Waals surface area contributed by atoms with Crippen molar-refractivity contribution in [2.75, 3.05) is 26.2 Å². The summed E-state index contributed by atoms with van der Waals surface area (Å²) in [7, 11) is 0. The van der Waals surface area contributed by atoms with E-state index in [2.05, 4.69) is 29.6 Å². The second-order valence-corrected chi connectivity index (χ2v) is 14.5. The van der Waals surface area contributed by atoms with Crippen molar-refractivity contribution in [3.8, 4) is 11.1 Å². The third kappa shape index (κ3) is 8.74. The van der Waals surface area contributed by atoms with Gasteiger partial charge in [-0.2, -0.15) is 0 Å². The summed E-state index contributed by atoms with van der Waals surface area (Å²) in [6.07, 6.45) is 5.30. The van der Waals surface area contributed by atoms with E-state index in [0.717, 1.165) is 35.1 Å². The van der Waals surface area contributed by atoms with Crippen molar-refractivity contribution in [2.24, 2.45) is 5.73 Å². The largest absolute Gasteiger partial charge is 0.449 e. The highest BCUT2D eigenvalue weighted by molar-refractivity contribution is 6.42. The molecule has 1 aliphatic carbocycles. The second kappa shape index (κ2) is 17.1. The zero-order chi connectivity index (χ0) is 36.8. The van der Waals surface area contributed by atoms with Crippen LogP contribution in [0.15, 0.2) is 96.1 Å². The summed E-state index contributed by atoms with van der Waals surface area (Å²) in [5, 5.41) is 4.30. The number of hydrogen-bond acceptors (Lipinski definition) is 5. The SMILES string of the molecule is NCCCCC[C@H](NC(=O)OCC1c2ccccc2-c2ccccc21)C(=O)N1C/C(=C\c2ccc(Cl)c(Cl)c2)C(=O)/C(=C/c2ccc(Cl)c(Cl)c2)C1. The third-order valence-electron chi connectivity index (χ3n) is 9.32. The average molecular weight is 778 g/mol. The molecule has 2 amide bonds. The number of alkyl carbamates (subject to hydrolysis) is 1. The minimum absolute atomic E-state index is 0.0162. The first-order valence-electron chi connectivity index (χ1n) is 17.1. The number of Topliss-reactive ketones (excluding diaryl/α,β-unsaturated/α-hetero) is 1. The van der Waals surface area contributed by atoms with Gasteiger partial charge in [-0.25, -0.2) is 4.79 Å². The van der Waals surface area contributed by atoms with Gasteiger partial charge in [0.2, 0.25) is 5.91 Å². The van der Waals surface area contributed by atoms with Crippen molar-refractivity contribution in [2.45, 2.75) is 37.6 Å². The molecule has 1 fully saturated rings. The van der Waals surface area contributed by atoms with Crippen LogP contribution in [0.3, 0.4) is 0 Å². The quantitative estimate of drug-likeness (QED) is 0.117. The molecule has 0 saturated carbocycles. The number of ketones is 1. The summed E-state index contributed by atoms with van der Waals surface area (Å²) >= 11 is 24.9. The first-order valence-corrected chi connectivity index (χ1v) is 18.6. The van der Waals surface area contributed by atoms with Gasteiger partial charge >= 0.3 is 6.09 Å². The molecule has 2 aliphatic rings. The molecule has 3 N–H and O–H groups in total. The number of amides is 2. The maximum atomic E-state index is 14.4. The lowest BCUT2D eigenvalue weighted by Crippen LogP contribution is -2.52. The monoisotopic (exact) mass is 775 g/mol. The highest BCUT2D eigenvalue weighted by Crippen LogP contribution is 2.44. The van der Waals surface area contributed by atoms with Gasteiger partial charge in [0.1, 0.15) is 12.6 Å². The number of benzene rings is 4. The van der Waals surface area contributed by atoms with Crippen LogP contribution < -0.4 is 11.1 Å². The van der Waals surface area contributed by atoms with Gasteiger partial charge in [-0.1, -0.05) is 120 Å². The number of piperidine rings is 1. The van der Waals surface area contributed by atoms with Gasteiger partial charge in [-0.15, -0.1) is 0 Å². The molecule has 0 bridgehead atoms. The van der Waals surface area contributed by atoms with Gasteiger partial charge in [-0.05, 0) is 89.2 Å². The predicted octanol–water partition coefficient (Wildman–Crippen LogP) is 9.60. The number of hydrogen-bond donors (Lipinski definition) is 2. The molecule has 1 atom stereocenters. The van der Waals surface area contributed by atoms with Crippen molar-refractivity contribution >= 4 is 76.3 Å². The van der Waals surface area contributed by atoms with Crippen LogP contribution in [-0.4, -0.2) is 55.0 Å². The molecule has 1 aliphatic heterocycles. The molecular formula is C41H37Cl4N3O4. The Morgan fingerprint density at radius 1 is 0.769 bits per heavy atom. The molecule has 7 nitrogen and oxygen atoms in total. The first-order chi connectivity index (χ1) is 25.1. The lowest BCUT2D eigenvalue weighted by molar-refractivity contribution is -0.133. The molecule has 0 spiro atoms.